The fourth-order valence-electron chi connectivity index (χ4n) is 11.2. The molecule has 0 radical (unpaired) electrons. The largest absolute Gasteiger partial charge is 0.494 e. The van der Waals surface area contributed by atoms with E-state index in [-0.39, 0.29) is 0 Å². The highest BCUT2D eigenvalue weighted by Crippen LogP contribution is 2.43. The molecule has 2 aliphatic heterocycles. The van der Waals surface area contributed by atoms with Crippen molar-refractivity contribution in [3.8, 4) is 45.3 Å². The van der Waals surface area contributed by atoms with Gasteiger partial charge in [-0.3, -0.25) is 0 Å². The van der Waals surface area contributed by atoms with Crippen LogP contribution in [0.3, 0.4) is 0 Å². The molecule has 10 heteroatoms. The van der Waals surface area contributed by atoms with Crippen molar-refractivity contribution in [3.05, 3.63) is 72.8 Å². The Labute approximate surface area is 486 Å². The lowest BCUT2D eigenvalue weighted by Crippen LogP contribution is -2.41. The van der Waals surface area contributed by atoms with Gasteiger partial charge in [-0.05, 0) is 196 Å². The smallest absolute Gasteiger partial charge is 0.493 e. The predicted molar refractivity (Wildman–Crippen MR) is 339 cm³/mol. The minimum Gasteiger partial charge on any atom is -0.493 e. The highest BCUT2D eigenvalue weighted by Gasteiger charge is 2.53. The lowest BCUT2D eigenvalue weighted by molar-refractivity contribution is 0.00578. The summed E-state index contributed by atoms with van der Waals surface area (Å²) in [5.74, 6) is 5.17. The zero-order chi connectivity index (χ0) is 57.8. The van der Waals surface area contributed by atoms with Crippen molar-refractivity contribution >= 4 is 46.7 Å². The first-order chi connectivity index (χ1) is 38.2. The molecule has 5 aromatic rings. The predicted octanol–water partition coefficient (Wildman–Crippen LogP) is 18.3. The summed E-state index contributed by atoms with van der Waals surface area (Å²) in [7, 11) is -1.17. The van der Waals surface area contributed by atoms with Crippen LogP contribution < -0.4 is 29.9 Å². The first-order valence-corrected chi connectivity index (χ1v) is 31.8. The van der Waals surface area contributed by atoms with Crippen molar-refractivity contribution in [2.75, 3.05) is 26.4 Å². The van der Waals surface area contributed by atoms with Gasteiger partial charge < -0.3 is 37.6 Å². The minimum atomic E-state index is -0.585. The van der Waals surface area contributed by atoms with E-state index in [9.17, 15) is 0 Å². The molecule has 0 bridgehead atoms. The Morgan fingerprint density at radius 3 is 0.875 bits per heavy atom. The molecule has 0 aliphatic carbocycles. The van der Waals surface area contributed by atoms with Crippen molar-refractivity contribution in [3.63, 3.8) is 0 Å². The Balaban J connectivity index is 1.48. The van der Waals surface area contributed by atoms with E-state index in [1.807, 2.05) is 0 Å². The second-order valence-electron chi connectivity index (χ2n) is 25.9. The van der Waals surface area contributed by atoms with Crippen LogP contribution in [0.1, 0.15) is 214 Å². The molecule has 438 valence electrons. The molecular formula is C70H104B2O8. The first kappa shape index (κ1) is 63.4. The molecule has 8 nitrogen and oxygen atoms in total. The standard InChI is InChI=1S/C70H104B2O8/c1-17-25-29-49(21-5)45-73-59-36-55(37-60(42-59)74-46-50(22-6)30-26-18-2)63-40-57(71-77-67(9,10)68(11,12)78-71)34-53-33-54-35-58(72-79-69(13,14)70(15,16)80-72)41-64(66(54)44-65(53)63)56-38-61(75-47-51(23-7)31-27-19-3)43-62(39-56)76-48-52(24-8)32-28-20-4/h33-44,49-52H,17-32,45-48H2,1-16H3. The zero-order valence-corrected chi connectivity index (χ0v) is 52.8. The van der Waals surface area contributed by atoms with Crippen LogP contribution in [0, 0.1) is 23.7 Å². The van der Waals surface area contributed by atoms with E-state index in [0.29, 0.717) is 50.1 Å². The van der Waals surface area contributed by atoms with E-state index in [1.165, 1.54) is 51.4 Å². The van der Waals surface area contributed by atoms with Crippen molar-refractivity contribution in [2.24, 2.45) is 23.7 Å². The molecular weight excluding hydrogens is 990 g/mol. The average molecular weight is 1100 g/mol. The molecule has 2 saturated heterocycles. The van der Waals surface area contributed by atoms with Crippen LogP contribution in [-0.2, 0) is 18.6 Å². The van der Waals surface area contributed by atoms with Crippen molar-refractivity contribution in [1.29, 1.82) is 0 Å². The molecule has 0 N–H and O–H groups in total. The molecule has 4 atom stereocenters. The number of benzene rings is 5. The number of hydrogen-bond donors (Lipinski definition) is 0. The fraction of sp³-hybridized carbons (Fsp3) is 0.629. The highest BCUT2D eigenvalue weighted by molar-refractivity contribution is 6.63. The van der Waals surface area contributed by atoms with Crippen molar-refractivity contribution < 1.29 is 37.6 Å². The Kier molecular flexibility index (Phi) is 22.5. The molecule has 2 aliphatic rings. The van der Waals surface area contributed by atoms with Gasteiger partial charge in [0.2, 0.25) is 0 Å². The Morgan fingerprint density at radius 2 is 0.625 bits per heavy atom. The lowest BCUT2D eigenvalue weighted by atomic mass is 9.74. The third-order valence-corrected chi connectivity index (χ3v) is 18.6. The van der Waals surface area contributed by atoms with Gasteiger partial charge in [-0.2, -0.15) is 0 Å². The monoisotopic (exact) mass is 1090 g/mol. The van der Waals surface area contributed by atoms with Crippen molar-refractivity contribution in [1.82, 2.24) is 0 Å². The molecule has 5 aromatic carbocycles. The van der Waals surface area contributed by atoms with Crippen LogP contribution in [0.15, 0.2) is 72.8 Å². The Morgan fingerprint density at radius 1 is 0.350 bits per heavy atom. The number of unbranched alkanes of at least 4 members (excludes halogenated alkanes) is 4. The van der Waals surface area contributed by atoms with Gasteiger partial charge in [0.05, 0.1) is 48.8 Å². The quantitative estimate of drug-likeness (QED) is 0.0312. The lowest BCUT2D eigenvalue weighted by Gasteiger charge is -2.32. The molecule has 2 heterocycles. The number of hydrogen-bond acceptors (Lipinski definition) is 8. The van der Waals surface area contributed by atoms with Crippen LogP contribution in [0.5, 0.6) is 23.0 Å². The molecule has 80 heavy (non-hydrogen) atoms. The maximum Gasteiger partial charge on any atom is 0.494 e. The van der Waals surface area contributed by atoms with Crippen molar-refractivity contribution in [2.45, 2.75) is 236 Å². The van der Waals surface area contributed by atoms with E-state index in [4.69, 9.17) is 37.6 Å². The van der Waals surface area contributed by atoms with Crippen LogP contribution in [0.2, 0.25) is 0 Å². The van der Waals surface area contributed by atoms with Crippen LogP contribution in [0.25, 0.3) is 43.8 Å². The molecule has 0 aromatic heterocycles. The maximum absolute atomic E-state index is 6.86. The topological polar surface area (TPSA) is 73.8 Å². The van der Waals surface area contributed by atoms with Gasteiger partial charge in [0.25, 0.3) is 0 Å². The SMILES string of the molecule is CCCCC(CC)COc1cc(OCC(CC)CCCC)cc(-c2cc(B3OC(C)(C)C(C)(C)O3)cc3cc4cc(B5OC(C)(C)C(C)(C)O5)cc(-c5cc(OCC(CC)CCCC)cc(OCC(CC)CCCC)c5)c4cc23)c1. The summed E-state index contributed by atoms with van der Waals surface area (Å²) in [6.45, 7) is 37.8. The summed E-state index contributed by atoms with van der Waals surface area (Å²) in [5.41, 5.74) is 3.95. The first-order valence-electron chi connectivity index (χ1n) is 31.8. The zero-order valence-electron chi connectivity index (χ0n) is 52.8. The second-order valence-corrected chi connectivity index (χ2v) is 25.9. The Hall–Kier alpha value is -4.21. The van der Waals surface area contributed by atoms with Gasteiger partial charge in [-0.15, -0.1) is 0 Å². The average Bonchev–Trinajstić information content (AvgIpc) is 3.80. The summed E-state index contributed by atoms with van der Waals surface area (Å²) in [5, 5.41) is 4.33. The number of fused-ring (bicyclic) bond motifs is 2. The minimum absolute atomic E-state index is 0.471. The van der Waals surface area contributed by atoms with E-state index in [2.05, 4.69) is 184 Å². The summed E-state index contributed by atoms with van der Waals surface area (Å²) in [6.07, 6.45) is 18.4. The summed E-state index contributed by atoms with van der Waals surface area (Å²) in [6, 6.07) is 27.0. The highest BCUT2D eigenvalue weighted by atomic mass is 16.7. The van der Waals surface area contributed by atoms with Crippen LogP contribution in [0.4, 0.5) is 0 Å². The third kappa shape index (κ3) is 15.7. The molecule has 0 amide bonds. The van der Waals surface area contributed by atoms with Gasteiger partial charge in [0.1, 0.15) is 23.0 Å². The van der Waals surface area contributed by atoms with Gasteiger partial charge >= 0.3 is 14.2 Å². The van der Waals surface area contributed by atoms with Crippen LogP contribution in [-0.4, -0.2) is 63.1 Å². The molecule has 0 saturated carbocycles. The second kappa shape index (κ2) is 28.4. The molecule has 2 fully saturated rings. The number of rotatable bonds is 32. The summed E-state index contributed by atoms with van der Waals surface area (Å²) in [4.78, 5) is 0. The molecule has 4 unspecified atom stereocenters. The van der Waals surface area contributed by atoms with Gasteiger partial charge in [0, 0.05) is 12.1 Å². The number of ether oxygens (including phenoxy) is 4. The van der Waals surface area contributed by atoms with Gasteiger partial charge in [0.15, 0.2) is 0 Å². The third-order valence-electron chi connectivity index (χ3n) is 18.6. The fourth-order valence-corrected chi connectivity index (χ4v) is 11.2. The van der Waals surface area contributed by atoms with E-state index < -0.39 is 36.6 Å². The summed E-state index contributed by atoms with van der Waals surface area (Å²) < 4.78 is 54.9. The van der Waals surface area contributed by atoms with Crippen LogP contribution >= 0.6 is 0 Å². The molecule has 0 spiro atoms. The maximum atomic E-state index is 6.86. The normalized spacial score (nSPS) is 17.9. The van der Waals surface area contributed by atoms with Gasteiger partial charge in [-0.1, -0.05) is 157 Å². The van der Waals surface area contributed by atoms with E-state index in [1.54, 1.807) is 0 Å². The summed E-state index contributed by atoms with van der Waals surface area (Å²) >= 11 is 0. The van der Waals surface area contributed by atoms with E-state index in [0.717, 1.165) is 129 Å². The van der Waals surface area contributed by atoms with Gasteiger partial charge in [-0.25, -0.2) is 0 Å². The molecule has 7 rings (SSSR count). The Bertz CT molecular complexity index is 2470. The van der Waals surface area contributed by atoms with E-state index >= 15 is 0 Å².